The van der Waals surface area contributed by atoms with E-state index in [1.54, 1.807) is 19.2 Å². The zero-order chi connectivity index (χ0) is 15.1. The molecule has 1 aromatic rings. The molecule has 1 aromatic carbocycles. The van der Waals surface area contributed by atoms with E-state index in [4.69, 9.17) is 4.74 Å². The predicted molar refractivity (Wildman–Crippen MR) is 79.5 cm³/mol. The van der Waals surface area contributed by atoms with Gasteiger partial charge in [0.05, 0.1) is 13.0 Å². The Balaban J connectivity index is 1.87. The maximum atomic E-state index is 13.1. The maximum absolute atomic E-state index is 13.1. The van der Waals surface area contributed by atoms with Crippen molar-refractivity contribution in [2.75, 3.05) is 33.4 Å². The first-order valence-electron chi connectivity index (χ1n) is 7.34. The first-order valence-corrected chi connectivity index (χ1v) is 7.34. The number of benzene rings is 1. The molecule has 0 atom stereocenters. The van der Waals surface area contributed by atoms with E-state index in [-0.39, 0.29) is 23.6 Å². The zero-order valence-corrected chi connectivity index (χ0v) is 12.5. The van der Waals surface area contributed by atoms with Crippen LogP contribution >= 0.6 is 0 Å². The molecule has 1 saturated heterocycles. The molecule has 0 aromatic heterocycles. The monoisotopic (exact) mass is 294 g/mol. The van der Waals surface area contributed by atoms with Crippen LogP contribution in [0.4, 0.5) is 4.39 Å². The lowest BCUT2D eigenvalue weighted by Crippen LogP contribution is -2.47. The summed E-state index contributed by atoms with van der Waals surface area (Å²) in [6, 6.07) is 6.16. The molecule has 2 rings (SSSR count). The Bertz CT molecular complexity index is 468. The van der Waals surface area contributed by atoms with Crippen LogP contribution in [0, 0.1) is 11.2 Å². The van der Waals surface area contributed by atoms with Crippen LogP contribution in [0.3, 0.4) is 0 Å². The van der Waals surface area contributed by atoms with E-state index < -0.39 is 0 Å². The van der Waals surface area contributed by atoms with E-state index >= 15 is 0 Å². The normalized spacial score (nSPS) is 17.4. The van der Waals surface area contributed by atoms with E-state index in [1.807, 2.05) is 0 Å². The predicted octanol–water partition coefficient (Wildman–Crippen LogP) is 1.50. The van der Waals surface area contributed by atoms with Crippen LogP contribution in [0.5, 0.6) is 0 Å². The summed E-state index contributed by atoms with van der Waals surface area (Å²) in [5.74, 6) is -0.385. The smallest absolute Gasteiger partial charge is 0.224 e. The number of ether oxygens (including phenoxy) is 1. The van der Waals surface area contributed by atoms with Crippen molar-refractivity contribution >= 4 is 5.91 Å². The second-order valence-corrected chi connectivity index (χ2v) is 5.77. The van der Waals surface area contributed by atoms with Gasteiger partial charge in [-0.1, -0.05) is 12.1 Å². The molecule has 1 aliphatic heterocycles. The molecule has 0 spiro atoms. The van der Waals surface area contributed by atoms with Gasteiger partial charge in [-0.15, -0.1) is 0 Å². The highest BCUT2D eigenvalue weighted by atomic mass is 19.1. The highest BCUT2D eigenvalue weighted by molar-refractivity contribution is 5.78. The van der Waals surface area contributed by atoms with Gasteiger partial charge in [0, 0.05) is 19.1 Å². The number of nitrogens with one attached hydrogen (secondary N) is 2. The van der Waals surface area contributed by atoms with Crippen molar-refractivity contribution in [1.82, 2.24) is 10.6 Å². The third-order valence-electron chi connectivity index (χ3n) is 4.03. The molecule has 4 nitrogen and oxygen atoms in total. The minimum Gasteiger partial charge on any atom is -0.384 e. The summed E-state index contributed by atoms with van der Waals surface area (Å²) >= 11 is 0. The first kappa shape index (κ1) is 15.9. The number of amides is 1. The Morgan fingerprint density at radius 2 is 2.19 bits per heavy atom. The minimum absolute atomic E-state index is 0.0115. The average Bonchev–Trinajstić information content (AvgIpc) is 2.47. The minimum atomic E-state index is -0.311. The SMILES string of the molecule is COCC1(CNC(=O)Cc2cccc(F)c2)CCNCC1. The lowest BCUT2D eigenvalue weighted by molar-refractivity contribution is -0.121. The van der Waals surface area contributed by atoms with Crippen LogP contribution in [0.25, 0.3) is 0 Å². The van der Waals surface area contributed by atoms with Crippen molar-refractivity contribution in [3.05, 3.63) is 35.6 Å². The molecule has 0 radical (unpaired) electrons. The van der Waals surface area contributed by atoms with Crippen LogP contribution in [-0.4, -0.2) is 39.3 Å². The molecule has 116 valence electrons. The van der Waals surface area contributed by atoms with Crippen molar-refractivity contribution in [3.8, 4) is 0 Å². The van der Waals surface area contributed by atoms with Crippen molar-refractivity contribution in [2.24, 2.45) is 5.41 Å². The summed E-state index contributed by atoms with van der Waals surface area (Å²) in [6.45, 7) is 3.15. The van der Waals surface area contributed by atoms with E-state index in [9.17, 15) is 9.18 Å². The van der Waals surface area contributed by atoms with Crippen LogP contribution in [0.2, 0.25) is 0 Å². The number of hydrogen-bond donors (Lipinski definition) is 2. The Hall–Kier alpha value is -1.46. The van der Waals surface area contributed by atoms with Gasteiger partial charge in [0.15, 0.2) is 0 Å². The molecular formula is C16H23FN2O2. The summed E-state index contributed by atoms with van der Waals surface area (Å²) in [7, 11) is 1.69. The van der Waals surface area contributed by atoms with Gasteiger partial charge in [-0.3, -0.25) is 4.79 Å². The van der Waals surface area contributed by atoms with Crippen molar-refractivity contribution in [2.45, 2.75) is 19.3 Å². The molecule has 1 amide bonds. The molecule has 5 heteroatoms. The van der Waals surface area contributed by atoms with Crippen molar-refractivity contribution in [1.29, 1.82) is 0 Å². The molecular weight excluding hydrogens is 271 g/mol. The Labute approximate surface area is 125 Å². The van der Waals surface area contributed by atoms with Crippen LogP contribution in [0.15, 0.2) is 24.3 Å². The number of piperidine rings is 1. The Morgan fingerprint density at radius 3 is 2.86 bits per heavy atom. The molecule has 1 fully saturated rings. The third kappa shape index (κ3) is 4.79. The summed E-state index contributed by atoms with van der Waals surface area (Å²) in [5, 5.41) is 6.30. The number of rotatable bonds is 6. The summed E-state index contributed by atoms with van der Waals surface area (Å²) in [6.07, 6.45) is 2.18. The van der Waals surface area contributed by atoms with Gasteiger partial charge in [-0.05, 0) is 43.6 Å². The lowest BCUT2D eigenvalue weighted by Gasteiger charge is -2.37. The van der Waals surface area contributed by atoms with Crippen LogP contribution in [-0.2, 0) is 16.0 Å². The summed E-state index contributed by atoms with van der Waals surface area (Å²) < 4.78 is 18.4. The quantitative estimate of drug-likeness (QED) is 0.836. The molecule has 2 N–H and O–H groups in total. The highest BCUT2D eigenvalue weighted by Gasteiger charge is 2.32. The Morgan fingerprint density at radius 1 is 1.43 bits per heavy atom. The van der Waals surface area contributed by atoms with Crippen molar-refractivity contribution in [3.63, 3.8) is 0 Å². The van der Waals surface area contributed by atoms with Gasteiger partial charge < -0.3 is 15.4 Å². The topological polar surface area (TPSA) is 50.4 Å². The second-order valence-electron chi connectivity index (χ2n) is 5.77. The number of carbonyl (C=O) groups excluding carboxylic acids is 1. The fourth-order valence-corrected chi connectivity index (χ4v) is 2.82. The van der Waals surface area contributed by atoms with Gasteiger partial charge >= 0.3 is 0 Å². The number of halogens is 1. The number of hydrogen-bond acceptors (Lipinski definition) is 3. The van der Waals surface area contributed by atoms with Gasteiger partial charge in [0.2, 0.25) is 5.91 Å². The number of carbonyl (C=O) groups is 1. The highest BCUT2D eigenvalue weighted by Crippen LogP contribution is 2.28. The average molecular weight is 294 g/mol. The van der Waals surface area contributed by atoms with Crippen LogP contribution in [0.1, 0.15) is 18.4 Å². The maximum Gasteiger partial charge on any atom is 0.224 e. The molecule has 0 saturated carbocycles. The van der Waals surface area contributed by atoms with E-state index in [2.05, 4.69) is 10.6 Å². The zero-order valence-electron chi connectivity index (χ0n) is 12.5. The molecule has 0 bridgehead atoms. The number of methoxy groups -OCH3 is 1. The van der Waals surface area contributed by atoms with E-state index in [0.717, 1.165) is 25.9 Å². The largest absolute Gasteiger partial charge is 0.384 e. The fraction of sp³-hybridized carbons (Fsp3) is 0.562. The van der Waals surface area contributed by atoms with Crippen LogP contribution < -0.4 is 10.6 Å². The molecule has 1 heterocycles. The summed E-state index contributed by atoms with van der Waals surface area (Å²) in [5.41, 5.74) is 0.705. The van der Waals surface area contributed by atoms with Crippen molar-refractivity contribution < 1.29 is 13.9 Å². The third-order valence-corrected chi connectivity index (χ3v) is 4.03. The van der Waals surface area contributed by atoms with E-state index in [1.165, 1.54) is 12.1 Å². The van der Waals surface area contributed by atoms with E-state index in [0.29, 0.717) is 18.7 Å². The summed E-state index contributed by atoms with van der Waals surface area (Å²) in [4.78, 5) is 12.0. The molecule has 0 aliphatic carbocycles. The van der Waals surface area contributed by atoms with Gasteiger partial charge in [-0.25, -0.2) is 4.39 Å². The lowest BCUT2D eigenvalue weighted by atomic mass is 9.79. The molecule has 1 aliphatic rings. The first-order chi connectivity index (χ1) is 10.1. The van der Waals surface area contributed by atoms with Gasteiger partial charge in [0.25, 0.3) is 0 Å². The molecule has 0 unspecified atom stereocenters. The van der Waals surface area contributed by atoms with Gasteiger partial charge in [0.1, 0.15) is 5.82 Å². The molecule has 21 heavy (non-hydrogen) atoms. The standard InChI is InChI=1S/C16H23FN2O2/c1-21-12-16(5-7-18-8-6-16)11-19-15(20)10-13-3-2-4-14(17)9-13/h2-4,9,18H,5-8,10-12H2,1H3,(H,19,20). The Kier molecular flexibility index (Phi) is 5.70. The van der Waals surface area contributed by atoms with Gasteiger partial charge in [-0.2, -0.15) is 0 Å². The fourth-order valence-electron chi connectivity index (χ4n) is 2.82. The second kappa shape index (κ2) is 7.52.